The van der Waals surface area contributed by atoms with Crippen molar-refractivity contribution in [3.05, 3.63) is 17.2 Å². The second-order valence-corrected chi connectivity index (χ2v) is 6.20. The van der Waals surface area contributed by atoms with E-state index in [1.165, 1.54) is 0 Å². The molecule has 3 rings (SSSR count). The quantitative estimate of drug-likeness (QED) is 0.895. The van der Waals surface area contributed by atoms with Crippen molar-refractivity contribution in [3.63, 3.8) is 0 Å². The van der Waals surface area contributed by atoms with Crippen LogP contribution in [0.4, 0.5) is 5.69 Å². The van der Waals surface area contributed by atoms with Crippen LogP contribution in [0.2, 0.25) is 5.02 Å². The van der Waals surface area contributed by atoms with Crippen LogP contribution in [-0.2, 0) is 9.59 Å². The van der Waals surface area contributed by atoms with Crippen molar-refractivity contribution >= 4 is 29.2 Å². The maximum absolute atomic E-state index is 12.3. The first-order chi connectivity index (χ1) is 9.82. The Bertz CT molecular complexity index is 642. The van der Waals surface area contributed by atoms with Gasteiger partial charge in [0.1, 0.15) is 0 Å². The van der Waals surface area contributed by atoms with Crippen molar-refractivity contribution in [3.8, 4) is 11.5 Å². The van der Waals surface area contributed by atoms with Gasteiger partial charge in [0, 0.05) is 12.1 Å². The average Bonchev–Trinajstić information content (AvgIpc) is 2.74. The molecule has 1 heterocycles. The summed E-state index contributed by atoms with van der Waals surface area (Å²) in [6, 6.07) is 3.14. The van der Waals surface area contributed by atoms with Gasteiger partial charge in [0.25, 0.3) is 0 Å². The lowest BCUT2D eigenvalue weighted by molar-refractivity contribution is -0.140. The van der Waals surface area contributed by atoms with E-state index in [2.05, 4.69) is 5.32 Å². The highest BCUT2D eigenvalue weighted by molar-refractivity contribution is 6.34. The number of hydrogen-bond donors (Lipinski definition) is 2. The molecular formula is C14H14ClNO5. The van der Waals surface area contributed by atoms with Crippen molar-refractivity contribution in [2.24, 2.45) is 17.3 Å². The van der Waals surface area contributed by atoms with Crippen LogP contribution in [0.5, 0.6) is 11.5 Å². The van der Waals surface area contributed by atoms with E-state index in [1.54, 1.807) is 26.0 Å². The number of halogens is 1. The molecule has 112 valence electrons. The molecule has 1 saturated carbocycles. The lowest BCUT2D eigenvalue weighted by atomic mass is 10.1. The van der Waals surface area contributed by atoms with E-state index in [0.717, 1.165) is 0 Å². The molecule has 0 bridgehead atoms. The van der Waals surface area contributed by atoms with Gasteiger partial charge >= 0.3 is 5.97 Å². The maximum Gasteiger partial charge on any atom is 0.307 e. The van der Waals surface area contributed by atoms with E-state index in [9.17, 15) is 9.59 Å². The van der Waals surface area contributed by atoms with Gasteiger partial charge in [-0.2, -0.15) is 0 Å². The minimum Gasteiger partial charge on any atom is -0.481 e. The number of carboxylic acid groups (broad SMARTS) is 1. The van der Waals surface area contributed by atoms with Gasteiger partial charge in [0.2, 0.25) is 12.7 Å². The van der Waals surface area contributed by atoms with E-state index < -0.39 is 23.2 Å². The lowest BCUT2D eigenvalue weighted by Gasteiger charge is -2.09. The van der Waals surface area contributed by atoms with Gasteiger partial charge in [-0.05, 0) is 5.41 Å². The van der Waals surface area contributed by atoms with E-state index in [-0.39, 0.29) is 12.7 Å². The largest absolute Gasteiger partial charge is 0.481 e. The highest BCUT2D eigenvalue weighted by Crippen LogP contribution is 2.58. The van der Waals surface area contributed by atoms with Crippen molar-refractivity contribution in [2.45, 2.75) is 13.8 Å². The Kier molecular flexibility index (Phi) is 3.02. The van der Waals surface area contributed by atoms with Crippen LogP contribution < -0.4 is 14.8 Å². The summed E-state index contributed by atoms with van der Waals surface area (Å²) in [5.74, 6) is -1.54. The minimum absolute atomic E-state index is 0.111. The monoisotopic (exact) mass is 311 g/mol. The molecule has 1 aliphatic heterocycles. The van der Waals surface area contributed by atoms with Gasteiger partial charge in [-0.1, -0.05) is 25.4 Å². The second-order valence-electron chi connectivity index (χ2n) is 5.79. The summed E-state index contributed by atoms with van der Waals surface area (Å²) >= 11 is 6.08. The predicted molar refractivity (Wildman–Crippen MR) is 74.6 cm³/mol. The number of carbonyl (C=O) groups is 2. The molecule has 7 heteroatoms. The van der Waals surface area contributed by atoms with Crippen molar-refractivity contribution in [1.82, 2.24) is 0 Å². The third-order valence-corrected chi connectivity index (χ3v) is 4.41. The average molecular weight is 312 g/mol. The molecule has 0 saturated heterocycles. The van der Waals surface area contributed by atoms with Crippen molar-refractivity contribution < 1.29 is 24.2 Å². The molecule has 2 atom stereocenters. The van der Waals surface area contributed by atoms with Gasteiger partial charge in [-0.15, -0.1) is 0 Å². The summed E-state index contributed by atoms with van der Waals surface area (Å²) in [5, 5.41) is 12.1. The molecule has 21 heavy (non-hydrogen) atoms. The van der Waals surface area contributed by atoms with Gasteiger partial charge < -0.3 is 19.9 Å². The van der Waals surface area contributed by atoms with Crippen LogP contribution in [0.25, 0.3) is 0 Å². The Hall–Kier alpha value is -1.95. The molecule has 2 N–H and O–H groups in total. The summed E-state index contributed by atoms with van der Waals surface area (Å²) in [6.45, 7) is 3.63. The molecule has 1 aliphatic carbocycles. The number of hydrogen-bond acceptors (Lipinski definition) is 4. The highest BCUT2D eigenvalue weighted by Gasteiger charge is 2.65. The maximum atomic E-state index is 12.3. The first-order valence-corrected chi connectivity index (χ1v) is 6.83. The topological polar surface area (TPSA) is 84.9 Å². The number of benzene rings is 1. The third kappa shape index (κ3) is 2.19. The number of carboxylic acids is 1. The van der Waals surface area contributed by atoms with Crippen LogP contribution >= 0.6 is 11.6 Å². The van der Waals surface area contributed by atoms with Gasteiger partial charge in [0.05, 0.1) is 22.5 Å². The van der Waals surface area contributed by atoms with Crippen LogP contribution in [-0.4, -0.2) is 23.8 Å². The summed E-state index contributed by atoms with van der Waals surface area (Å²) in [4.78, 5) is 23.4. The van der Waals surface area contributed by atoms with E-state index in [0.29, 0.717) is 22.2 Å². The summed E-state index contributed by atoms with van der Waals surface area (Å²) in [5.41, 5.74) is -0.170. The minimum atomic E-state index is -0.961. The number of aliphatic carboxylic acids is 1. The zero-order valence-corrected chi connectivity index (χ0v) is 12.2. The van der Waals surface area contributed by atoms with Crippen LogP contribution in [0.1, 0.15) is 13.8 Å². The number of carbonyl (C=O) groups excluding carboxylic acids is 1. The molecule has 0 aromatic heterocycles. The second kappa shape index (κ2) is 4.53. The first kappa shape index (κ1) is 14.0. The number of amides is 1. The van der Waals surface area contributed by atoms with Crippen LogP contribution in [0.3, 0.4) is 0 Å². The van der Waals surface area contributed by atoms with Crippen molar-refractivity contribution in [1.29, 1.82) is 0 Å². The third-order valence-electron chi connectivity index (χ3n) is 4.10. The number of ether oxygens (including phenoxy) is 2. The molecule has 0 unspecified atom stereocenters. The van der Waals surface area contributed by atoms with Gasteiger partial charge in [0.15, 0.2) is 11.5 Å². The summed E-state index contributed by atoms with van der Waals surface area (Å²) in [7, 11) is 0. The molecule has 1 aromatic carbocycles. The molecule has 1 fully saturated rings. The molecule has 1 amide bonds. The Balaban J connectivity index is 1.79. The highest BCUT2D eigenvalue weighted by atomic mass is 35.5. The fraction of sp³-hybridized carbons (Fsp3) is 0.429. The normalized spacial score (nSPS) is 24.5. The standard InChI is InChI=1S/C14H14ClNO5/c1-14(2)10(11(14)13(18)19)12(17)16-7-4-9-8(3-6(7)15)20-5-21-9/h3-4,10-11H,5H2,1-2H3,(H,16,17)(H,18,19)/t10-,11+/m1/s1. The Morgan fingerprint density at radius 3 is 2.48 bits per heavy atom. The Morgan fingerprint density at radius 2 is 1.90 bits per heavy atom. The van der Waals surface area contributed by atoms with E-state index in [4.69, 9.17) is 26.2 Å². The molecule has 0 radical (unpaired) electrons. The van der Waals surface area contributed by atoms with E-state index >= 15 is 0 Å². The van der Waals surface area contributed by atoms with E-state index in [1.807, 2.05) is 0 Å². The Labute approximate surface area is 126 Å². The molecular weight excluding hydrogens is 298 g/mol. The fourth-order valence-corrected chi connectivity index (χ4v) is 3.01. The molecule has 0 spiro atoms. The molecule has 1 aromatic rings. The SMILES string of the molecule is CC1(C)[C@H](C(=O)O)[C@@H]1C(=O)Nc1cc2c(cc1Cl)OCO2. The van der Waals surface area contributed by atoms with Gasteiger partial charge in [-0.25, -0.2) is 0 Å². The number of fused-ring (bicyclic) bond motifs is 1. The fourth-order valence-electron chi connectivity index (χ4n) is 2.81. The smallest absolute Gasteiger partial charge is 0.307 e. The first-order valence-electron chi connectivity index (χ1n) is 6.45. The number of rotatable bonds is 3. The molecule has 2 aliphatic rings. The summed E-state index contributed by atoms with van der Waals surface area (Å²) < 4.78 is 10.4. The number of nitrogens with one attached hydrogen (secondary N) is 1. The predicted octanol–water partition coefficient (Wildman–Crippen LogP) is 2.36. The zero-order valence-electron chi connectivity index (χ0n) is 11.5. The Morgan fingerprint density at radius 1 is 1.29 bits per heavy atom. The van der Waals surface area contributed by atoms with Crippen LogP contribution in [0.15, 0.2) is 12.1 Å². The summed E-state index contributed by atoms with van der Waals surface area (Å²) in [6.07, 6.45) is 0. The van der Waals surface area contributed by atoms with Crippen molar-refractivity contribution in [2.75, 3.05) is 12.1 Å². The lowest BCUT2D eigenvalue weighted by Crippen LogP contribution is -2.18. The molecule has 6 nitrogen and oxygen atoms in total. The van der Waals surface area contributed by atoms with Gasteiger partial charge in [-0.3, -0.25) is 9.59 Å². The van der Waals surface area contributed by atoms with Crippen LogP contribution in [0, 0.1) is 17.3 Å². The zero-order chi connectivity index (χ0) is 15.4. The number of anilines is 1.